The first-order valence-electron chi connectivity index (χ1n) is 8.16. The molecule has 2 rings (SSSR count). The lowest BCUT2D eigenvalue weighted by atomic mass is 10.2. The number of nitrogens with one attached hydrogen (secondary N) is 2. The molecule has 0 bridgehead atoms. The quantitative estimate of drug-likeness (QED) is 0.741. The molecule has 0 spiro atoms. The molecule has 1 aromatic rings. The summed E-state index contributed by atoms with van der Waals surface area (Å²) in [4.78, 5) is 26.2. The lowest BCUT2D eigenvalue weighted by molar-refractivity contribution is -0.126. The lowest BCUT2D eigenvalue weighted by Crippen LogP contribution is -2.43. The Hall–Kier alpha value is -2.08. The Bertz CT molecular complexity index is 553. The van der Waals surface area contributed by atoms with Crippen LogP contribution in [0.15, 0.2) is 24.3 Å². The van der Waals surface area contributed by atoms with Gasteiger partial charge in [-0.3, -0.25) is 9.59 Å². The maximum absolute atomic E-state index is 12.2. The zero-order chi connectivity index (χ0) is 16.8. The van der Waals surface area contributed by atoms with Gasteiger partial charge in [-0.2, -0.15) is 0 Å². The Morgan fingerprint density at radius 2 is 1.96 bits per heavy atom. The molecule has 1 aromatic carbocycles. The molecule has 6 heteroatoms. The van der Waals surface area contributed by atoms with Gasteiger partial charge in [-0.05, 0) is 44.9 Å². The van der Waals surface area contributed by atoms with Gasteiger partial charge in [0.05, 0.1) is 0 Å². The van der Waals surface area contributed by atoms with Crippen molar-refractivity contribution in [3.8, 4) is 0 Å². The van der Waals surface area contributed by atoms with Crippen LogP contribution in [0.1, 0.15) is 33.1 Å². The number of anilines is 2. The average molecular weight is 318 g/mol. The average Bonchev–Trinajstić information content (AvgIpc) is 3.00. The Labute approximate surface area is 137 Å². The topological polar surface area (TPSA) is 87.5 Å². The van der Waals surface area contributed by atoms with Crippen molar-refractivity contribution >= 4 is 23.2 Å². The highest BCUT2D eigenvalue weighted by Gasteiger charge is 2.17. The van der Waals surface area contributed by atoms with Crippen molar-refractivity contribution in [1.82, 2.24) is 5.32 Å². The second-order valence-corrected chi connectivity index (χ2v) is 6.20. The number of carbonyl (C=O) groups is 2. The second kappa shape index (κ2) is 7.97. The van der Waals surface area contributed by atoms with Crippen molar-refractivity contribution in [1.29, 1.82) is 0 Å². The third-order valence-electron chi connectivity index (χ3n) is 3.86. The highest BCUT2D eigenvalue weighted by Crippen LogP contribution is 2.23. The first-order chi connectivity index (χ1) is 11.0. The molecule has 1 fully saturated rings. The number of carbonyl (C=O) groups excluding carboxylic acids is 2. The van der Waals surface area contributed by atoms with E-state index in [0.29, 0.717) is 0 Å². The maximum atomic E-state index is 12.2. The molecule has 4 N–H and O–H groups in total. The summed E-state index contributed by atoms with van der Waals surface area (Å²) in [5.41, 5.74) is 7.44. The Balaban J connectivity index is 1.91. The molecular weight excluding hydrogens is 292 g/mol. The number of rotatable bonds is 6. The van der Waals surface area contributed by atoms with E-state index in [1.807, 2.05) is 18.2 Å². The fourth-order valence-corrected chi connectivity index (χ4v) is 2.66. The van der Waals surface area contributed by atoms with E-state index in [-0.39, 0.29) is 24.3 Å². The third-order valence-corrected chi connectivity index (χ3v) is 3.86. The van der Waals surface area contributed by atoms with E-state index < -0.39 is 6.04 Å². The normalized spacial score (nSPS) is 16.7. The fraction of sp³-hybridized carbons (Fsp3) is 0.529. The van der Waals surface area contributed by atoms with Gasteiger partial charge in [-0.1, -0.05) is 6.07 Å². The molecule has 1 saturated heterocycles. The molecule has 6 nitrogen and oxygen atoms in total. The number of benzene rings is 1. The highest BCUT2D eigenvalue weighted by atomic mass is 16.2. The van der Waals surface area contributed by atoms with Crippen LogP contribution in [0.4, 0.5) is 11.4 Å². The summed E-state index contributed by atoms with van der Waals surface area (Å²) in [6.45, 7) is 5.54. The SMILES string of the molecule is CC(N)CC(=O)NC(C)C(=O)Nc1cccc(N2CCCC2)c1. The predicted molar refractivity (Wildman–Crippen MR) is 92.4 cm³/mol. The highest BCUT2D eigenvalue weighted by molar-refractivity contribution is 5.97. The van der Waals surface area contributed by atoms with E-state index in [4.69, 9.17) is 5.73 Å². The monoisotopic (exact) mass is 318 g/mol. The van der Waals surface area contributed by atoms with Crippen LogP contribution >= 0.6 is 0 Å². The Kier molecular flexibility index (Phi) is 5.98. The van der Waals surface area contributed by atoms with Crippen LogP contribution in [0.3, 0.4) is 0 Å². The zero-order valence-corrected chi connectivity index (χ0v) is 13.8. The maximum Gasteiger partial charge on any atom is 0.246 e. The lowest BCUT2D eigenvalue weighted by Gasteiger charge is -2.19. The molecule has 2 unspecified atom stereocenters. The van der Waals surface area contributed by atoms with Gasteiger partial charge < -0.3 is 21.3 Å². The number of amides is 2. The molecule has 1 aliphatic rings. The number of hydrogen-bond acceptors (Lipinski definition) is 4. The molecule has 2 amide bonds. The number of nitrogens with zero attached hydrogens (tertiary/aromatic N) is 1. The molecule has 0 radical (unpaired) electrons. The first-order valence-corrected chi connectivity index (χ1v) is 8.16. The van der Waals surface area contributed by atoms with Crippen molar-refractivity contribution in [2.45, 2.75) is 45.2 Å². The summed E-state index contributed by atoms with van der Waals surface area (Å²) < 4.78 is 0. The molecule has 1 heterocycles. The molecule has 1 aliphatic heterocycles. The summed E-state index contributed by atoms with van der Waals surface area (Å²) in [7, 11) is 0. The summed E-state index contributed by atoms with van der Waals surface area (Å²) >= 11 is 0. The van der Waals surface area contributed by atoms with Crippen LogP contribution in [-0.2, 0) is 9.59 Å². The molecule has 0 aromatic heterocycles. The third kappa shape index (κ3) is 5.25. The largest absolute Gasteiger partial charge is 0.371 e. The van der Waals surface area contributed by atoms with Gasteiger partial charge in [0.15, 0.2) is 0 Å². The molecule has 0 aliphatic carbocycles. The zero-order valence-electron chi connectivity index (χ0n) is 13.8. The predicted octanol–water partition coefficient (Wildman–Crippen LogP) is 1.47. The minimum absolute atomic E-state index is 0.210. The molecule has 0 saturated carbocycles. The van der Waals surface area contributed by atoms with E-state index in [1.54, 1.807) is 13.8 Å². The van der Waals surface area contributed by atoms with Crippen molar-refractivity contribution in [2.75, 3.05) is 23.3 Å². The van der Waals surface area contributed by atoms with Gasteiger partial charge in [0.2, 0.25) is 11.8 Å². The van der Waals surface area contributed by atoms with Crippen molar-refractivity contribution in [3.63, 3.8) is 0 Å². The smallest absolute Gasteiger partial charge is 0.246 e. The van der Waals surface area contributed by atoms with E-state index >= 15 is 0 Å². The molecule has 23 heavy (non-hydrogen) atoms. The number of hydrogen-bond donors (Lipinski definition) is 3. The van der Waals surface area contributed by atoms with Crippen molar-refractivity contribution < 1.29 is 9.59 Å². The summed E-state index contributed by atoms with van der Waals surface area (Å²) in [5, 5.41) is 5.51. The van der Waals surface area contributed by atoms with Crippen LogP contribution in [0, 0.1) is 0 Å². The van der Waals surface area contributed by atoms with Crippen molar-refractivity contribution in [2.24, 2.45) is 5.73 Å². The van der Waals surface area contributed by atoms with Crippen LogP contribution in [0.25, 0.3) is 0 Å². The van der Waals surface area contributed by atoms with Gasteiger partial charge in [-0.25, -0.2) is 0 Å². The van der Waals surface area contributed by atoms with E-state index in [2.05, 4.69) is 21.6 Å². The van der Waals surface area contributed by atoms with Crippen molar-refractivity contribution in [3.05, 3.63) is 24.3 Å². The molecule has 2 atom stereocenters. The standard InChI is InChI=1S/C17H26N4O2/c1-12(18)10-16(22)19-13(2)17(23)20-14-6-5-7-15(11-14)21-8-3-4-9-21/h5-7,11-13H,3-4,8-10,18H2,1-2H3,(H,19,22)(H,20,23). The second-order valence-electron chi connectivity index (χ2n) is 6.20. The summed E-state index contributed by atoms with van der Waals surface area (Å²) in [6.07, 6.45) is 2.63. The van der Waals surface area contributed by atoms with E-state index in [0.717, 1.165) is 24.5 Å². The van der Waals surface area contributed by atoms with Gasteiger partial charge in [-0.15, -0.1) is 0 Å². The molecule has 126 valence electrons. The summed E-state index contributed by atoms with van der Waals surface area (Å²) in [6, 6.07) is 6.99. The summed E-state index contributed by atoms with van der Waals surface area (Å²) in [5.74, 6) is -0.449. The van der Waals surface area contributed by atoms with Crippen LogP contribution in [0.5, 0.6) is 0 Å². The van der Waals surface area contributed by atoms with Gasteiger partial charge in [0.25, 0.3) is 0 Å². The fourth-order valence-electron chi connectivity index (χ4n) is 2.66. The van der Waals surface area contributed by atoms with E-state index in [9.17, 15) is 9.59 Å². The van der Waals surface area contributed by atoms with Gasteiger partial charge in [0, 0.05) is 36.9 Å². The minimum atomic E-state index is -0.600. The van der Waals surface area contributed by atoms with Crippen LogP contribution in [0.2, 0.25) is 0 Å². The Morgan fingerprint density at radius 1 is 1.26 bits per heavy atom. The Morgan fingerprint density at radius 3 is 2.61 bits per heavy atom. The first kappa shape index (κ1) is 17.3. The minimum Gasteiger partial charge on any atom is -0.371 e. The van der Waals surface area contributed by atoms with E-state index in [1.165, 1.54) is 12.8 Å². The van der Waals surface area contributed by atoms with Gasteiger partial charge >= 0.3 is 0 Å². The number of nitrogens with two attached hydrogens (primary N) is 1. The molecular formula is C17H26N4O2. The van der Waals surface area contributed by atoms with Crippen LogP contribution in [-0.4, -0.2) is 37.0 Å². The van der Waals surface area contributed by atoms with Gasteiger partial charge in [0.1, 0.15) is 6.04 Å². The van der Waals surface area contributed by atoms with Crippen LogP contribution < -0.4 is 21.3 Å².